The Labute approximate surface area is 175 Å². The van der Waals surface area contributed by atoms with Gasteiger partial charge in [0.15, 0.2) is 0 Å². The van der Waals surface area contributed by atoms with Crippen LogP contribution in [0.5, 0.6) is 0 Å². The molecule has 0 aliphatic carbocycles. The molecule has 2 aromatic rings. The number of hydrogen-bond acceptors (Lipinski definition) is 6. The van der Waals surface area contributed by atoms with Crippen LogP contribution in [-0.2, 0) is 24.3 Å². The maximum atomic E-state index is 13.7. The molecule has 2 heterocycles. The molecular formula is C21H22N2O6S. The minimum absolute atomic E-state index is 0.0944. The molecule has 0 aromatic heterocycles. The fraction of sp³-hybridized carbons (Fsp3) is 0.333. The number of methoxy groups -OCH3 is 2. The number of likely N-dealkylation sites (tertiary alicyclic amines) is 1. The third-order valence-corrected chi connectivity index (χ3v) is 7.68. The predicted octanol–water partition coefficient (Wildman–Crippen LogP) is 2.71. The summed E-state index contributed by atoms with van der Waals surface area (Å²) in [7, 11) is -1.59. The monoisotopic (exact) mass is 432 g/mol. The SMILES string of the molecule is COC(=O)N1[C@@H]2[C@H](C[C@@]1([14CH3])C(=O)OC)c1ccccc1N2S(=O)(=O)c1ccccc1. The number of sulfonamides is 1. The van der Waals surface area contributed by atoms with Gasteiger partial charge in [-0.3, -0.25) is 4.90 Å². The Hall–Kier alpha value is -3.07. The second kappa shape index (κ2) is 7.02. The van der Waals surface area contributed by atoms with E-state index in [-0.39, 0.29) is 11.3 Å². The quantitative estimate of drug-likeness (QED) is 0.693. The average molecular weight is 432 g/mol. The summed E-state index contributed by atoms with van der Waals surface area (Å²) in [6.45, 7) is 1.57. The van der Waals surface area contributed by atoms with E-state index in [1.165, 1.54) is 35.6 Å². The lowest BCUT2D eigenvalue weighted by Gasteiger charge is -2.38. The van der Waals surface area contributed by atoms with Gasteiger partial charge in [0.1, 0.15) is 11.7 Å². The zero-order chi connectivity index (χ0) is 21.7. The molecular weight excluding hydrogens is 410 g/mol. The Morgan fingerprint density at radius 3 is 2.30 bits per heavy atom. The van der Waals surface area contributed by atoms with E-state index in [2.05, 4.69) is 0 Å². The van der Waals surface area contributed by atoms with Crippen molar-refractivity contribution in [2.75, 3.05) is 18.5 Å². The molecule has 0 N–H and O–H groups in total. The van der Waals surface area contributed by atoms with Gasteiger partial charge in [0.2, 0.25) is 0 Å². The number of nitrogens with zero attached hydrogens (tertiary/aromatic N) is 2. The number of carbonyl (C=O) groups is 2. The minimum Gasteiger partial charge on any atom is -0.467 e. The summed E-state index contributed by atoms with van der Waals surface area (Å²) in [5.74, 6) is -1.04. The molecule has 9 heteroatoms. The van der Waals surface area contributed by atoms with Gasteiger partial charge >= 0.3 is 12.1 Å². The molecule has 2 aliphatic rings. The Bertz CT molecular complexity index is 1100. The van der Waals surface area contributed by atoms with Crippen molar-refractivity contribution in [3.8, 4) is 0 Å². The standard InChI is InChI=1S/C21H22N2O6S/c1-21(19(24)28-2)13-16-15-11-7-8-12-17(15)23(18(16)22(21)20(25)29-3)30(26,27)14-9-5-4-6-10-14/h4-12,16,18H,13H2,1-3H3/t16-,18+,21+/m1/s1/i1+2. The number of amides is 1. The van der Waals surface area contributed by atoms with Crippen LogP contribution in [0, 0.1) is 0 Å². The molecule has 1 fully saturated rings. The van der Waals surface area contributed by atoms with Crippen LogP contribution in [0.2, 0.25) is 0 Å². The number of benzene rings is 2. The van der Waals surface area contributed by atoms with Gasteiger partial charge in [0.25, 0.3) is 10.0 Å². The molecule has 1 amide bonds. The van der Waals surface area contributed by atoms with E-state index in [1.807, 2.05) is 12.1 Å². The third kappa shape index (κ3) is 2.68. The van der Waals surface area contributed by atoms with Gasteiger partial charge in [0, 0.05) is 5.92 Å². The molecule has 2 aromatic carbocycles. The molecule has 30 heavy (non-hydrogen) atoms. The van der Waals surface area contributed by atoms with Gasteiger partial charge in [0.05, 0.1) is 24.8 Å². The molecule has 2 aliphatic heterocycles. The minimum atomic E-state index is -4.03. The Morgan fingerprint density at radius 1 is 1.03 bits per heavy atom. The van der Waals surface area contributed by atoms with Crippen molar-refractivity contribution in [1.29, 1.82) is 0 Å². The average Bonchev–Trinajstić information content (AvgIpc) is 3.24. The molecule has 4 rings (SSSR count). The summed E-state index contributed by atoms with van der Waals surface area (Å²) >= 11 is 0. The van der Waals surface area contributed by atoms with Gasteiger partial charge in [-0.2, -0.15) is 0 Å². The second-order valence-corrected chi connectivity index (χ2v) is 9.32. The van der Waals surface area contributed by atoms with Crippen molar-refractivity contribution < 1.29 is 27.5 Å². The summed E-state index contributed by atoms with van der Waals surface area (Å²) in [6.07, 6.45) is -1.54. The predicted molar refractivity (Wildman–Crippen MR) is 108 cm³/mol. The van der Waals surface area contributed by atoms with Crippen LogP contribution in [0.4, 0.5) is 10.5 Å². The number of rotatable bonds is 3. The summed E-state index contributed by atoms with van der Waals surface area (Å²) < 4.78 is 38.5. The molecule has 1 saturated heterocycles. The van der Waals surface area contributed by atoms with Crippen LogP contribution in [0.1, 0.15) is 24.8 Å². The fourth-order valence-electron chi connectivity index (χ4n) is 4.57. The first-order chi connectivity index (χ1) is 14.3. The highest BCUT2D eigenvalue weighted by Crippen LogP contribution is 2.55. The second-order valence-electron chi connectivity index (χ2n) is 7.50. The molecule has 0 radical (unpaired) electrons. The van der Waals surface area contributed by atoms with Crippen LogP contribution in [0.15, 0.2) is 59.5 Å². The Kier molecular flexibility index (Phi) is 4.73. The zero-order valence-electron chi connectivity index (χ0n) is 16.8. The van der Waals surface area contributed by atoms with Crippen LogP contribution < -0.4 is 4.31 Å². The smallest absolute Gasteiger partial charge is 0.412 e. The van der Waals surface area contributed by atoms with Crippen LogP contribution in [0.25, 0.3) is 0 Å². The number of carbonyl (C=O) groups excluding carboxylic acids is 2. The number of anilines is 1. The first-order valence-electron chi connectivity index (χ1n) is 9.41. The maximum Gasteiger partial charge on any atom is 0.412 e. The molecule has 0 unspecified atom stereocenters. The number of ether oxygens (including phenoxy) is 2. The number of esters is 1. The van der Waals surface area contributed by atoms with Crippen LogP contribution >= 0.6 is 0 Å². The van der Waals surface area contributed by atoms with Crippen molar-refractivity contribution in [3.63, 3.8) is 0 Å². The molecule has 8 nitrogen and oxygen atoms in total. The summed E-state index contributed by atoms with van der Waals surface area (Å²) in [5, 5.41) is 0. The molecule has 0 saturated carbocycles. The molecule has 0 bridgehead atoms. The van der Waals surface area contributed by atoms with Gasteiger partial charge in [-0.15, -0.1) is 0 Å². The Balaban J connectivity index is 1.95. The van der Waals surface area contributed by atoms with E-state index >= 15 is 0 Å². The first kappa shape index (κ1) is 20.2. The third-order valence-electron chi connectivity index (χ3n) is 5.88. The van der Waals surface area contributed by atoms with Gasteiger partial charge in [-0.1, -0.05) is 36.4 Å². The summed E-state index contributed by atoms with van der Waals surface area (Å²) in [6, 6.07) is 15.1. The number of fused-ring (bicyclic) bond motifs is 3. The fourth-order valence-corrected chi connectivity index (χ4v) is 6.25. The van der Waals surface area contributed by atoms with E-state index in [1.54, 1.807) is 37.3 Å². The number of para-hydroxylation sites is 1. The van der Waals surface area contributed by atoms with Gasteiger partial charge in [-0.25, -0.2) is 22.3 Å². The molecule has 0 spiro atoms. The van der Waals surface area contributed by atoms with E-state index in [9.17, 15) is 18.0 Å². The zero-order valence-corrected chi connectivity index (χ0v) is 17.6. The highest BCUT2D eigenvalue weighted by atomic mass is 32.2. The Morgan fingerprint density at radius 2 is 1.67 bits per heavy atom. The largest absolute Gasteiger partial charge is 0.467 e. The van der Waals surface area contributed by atoms with Crippen molar-refractivity contribution in [3.05, 3.63) is 60.2 Å². The lowest BCUT2D eigenvalue weighted by Crippen LogP contribution is -2.59. The molecule has 158 valence electrons. The lowest BCUT2D eigenvalue weighted by molar-refractivity contribution is -0.152. The van der Waals surface area contributed by atoms with Crippen LogP contribution in [0.3, 0.4) is 0 Å². The van der Waals surface area contributed by atoms with Crippen LogP contribution in [-0.4, -0.2) is 51.3 Å². The van der Waals surface area contributed by atoms with E-state index in [0.717, 1.165) is 5.56 Å². The van der Waals surface area contributed by atoms with Gasteiger partial charge in [-0.05, 0) is 37.1 Å². The lowest BCUT2D eigenvalue weighted by atomic mass is 9.94. The van der Waals surface area contributed by atoms with E-state index in [0.29, 0.717) is 5.69 Å². The normalized spacial score (nSPS) is 24.9. The topological polar surface area (TPSA) is 93.2 Å². The van der Waals surface area contributed by atoms with Gasteiger partial charge < -0.3 is 9.47 Å². The summed E-state index contributed by atoms with van der Waals surface area (Å²) in [4.78, 5) is 26.8. The van der Waals surface area contributed by atoms with Crippen molar-refractivity contribution in [2.45, 2.75) is 35.9 Å². The first-order valence-corrected chi connectivity index (χ1v) is 10.9. The van der Waals surface area contributed by atoms with Crippen molar-refractivity contribution in [2.24, 2.45) is 0 Å². The summed E-state index contributed by atoms with van der Waals surface area (Å²) in [5.41, 5.74) is -0.143. The number of hydrogen-bond donors (Lipinski definition) is 0. The van der Waals surface area contributed by atoms with E-state index < -0.39 is 39.7 Å². The highest BCUT2D eigenvalue weighted by molar-refractivity contribution is 7.92. The highest BCUT2D eigenvalue weighted by Gasteiger charge is 2.63. The van der Waals surface area contributed by atoms with Crippen molar-refractivity contribution >= 4 is 27.8 Å². The molecule has 3 atom stereocenters. The maximum absolute atomic E-state index is 13.7. The van der Waals surface area contributed by atoms with Crippen molar-refractivity contribution in [1.82, 2.24) is 4.90 Å². The van der Waals surface area contributed by atoms with E-state index in [4.69, 9.17) is 9.47 Å².